The molecule has 0 bridgehead atoms. The van der Waals surface area contributed by atoms with Crippen LogP contribution in [0.3, 0.4) is 0 Å². The number of thioether (sulfide) groups is 1. The van der Waals surface area contributed by atoms with Crippen molar-refractivity contribution >= 4 is 47.2 Å². The van der Waals surface area contributed by atoms with E-state index in [1.807, 2.05) is 36.3 Å². The normalized spacial score (nSPS) is 17.0. The van der Waals surface area contributed by atoms with Crippen molar-refractivity contribution in [3.8, 4) is 0 Å². The van der Waals surface area contributed by atoms with Gasteiger partial charge < -0.3 is 10.2 Å². The summed E-state index contributed by atoms with van der Waals surface area (Å²) in [7, 11) is 0. The van der Waals surface area contributed by atoms with Gasteiger partial charge in [0.25, 0.3) is 5.91 Å². The molecule has 0 unspecified atom stereocenters. The Morgan fingerprint density at radius 3 is 2.89 bits per heavy atom. The van der Waals surface area contributed by atoms with E-state index in [1.165, 1.54) is 0 Å². The minimum Gasteiger partial charge on any atom is -0.361 e. The summed E-state index contributed by atoms with van der Waals surface area (Å²) in [5, 5.41) is 6.25. The average molecular weight is 416 g/mol. The molecule has 1 fully saturated rings. The van der Waals surface area contributed by atoms with E-state index in [4.69, 9.17) is 0 Å². The van der Waals surface area contributed by atoms with Crippen molar-refractivity contribution in [1.82, 2.24) is 14.9 Å². The third-order valence-corrected chi connectivity index (χ3v) is 6.46. The fraction of sp³-hybridized carbons (Fsp3) is 0.400. The zero-order valence-corrected chi connectivity index (χ0v) is 18.1. The van der Waals surface area contributed by atoms with Crippen LogP contribution in [0.1, 0.15) is 45.7 Å². The molecule has 1 saturated heterocycles. The van der Waals surface area contributed by atoms with Gasteiger partial charge in [0.2, 0.25) is 0 Å². The van der Waals surface area contributed by atoms with Crippen LogP contribution in [-0.2, 0) is 0 Å². The van der Waals surface area contributed by atoms with E-state index in [2.05, 4.69) is 33.9 Å². The van der Waals surface area contributed by atoms with Crippen molar-refractivity contribution in [1.29, 1.82) is 0 Å². The van der Waals surface area contributed by atoms with Crippen LogP contribution in [0.2, 0.25) is 0 Å². The quantitative estimate of drug-likeness (QED) is 0.407. The van der Waals surface area contributed by atoms with E-state index >= 15 is 0 Å². The average Bonchev–Trinajstić information content (AvgIpc) is 3.26. The molecule has 1 N–H and O–H groups in total. The van der Waals surface area contributed by atoms with Gasteiger partial charge in [-0.15, -0.1) is 23.1 Å². The Balaban J connectivity index is 1.54. The first-order valence-electron chi connectivity index (χ1n) is 9.23. The number of carbonyl (C=O) groups is 1. The fourth-order valence-electron chi connectivity index (χ4n) is 3.19. The summed E-state index contributed by atoms with van der Waals surface area (Å²) in [5.74, 6) is 1.45. The van der Waals surface area contributed by atoms with E-state index in [-0.39, 0.29) is 5.91 Å². The first-order chi connectivity index (χ1) is 13.5. The van der Waals surface area contributed by atoms with Crippen LogP contribution in [0, 0.1) is 13.8 Å². The number of carbonyl (C=O) groups excluding carboxylic acids is 1. The van der Waals surface area contributed by atoms with Gasteiger partial charge in [-0.1, -0.05) is 0 Å². The van der Waals surface area contributed by atoms with Crippen molar-refractivity contribution in [3.05, 3.63) is 44.9 Å². The highest BCUT2D eigenvalue weighted by Gasteiger charge is 2.26. The number of pyridine rings is 1. The fourth-order valence-corrected chi connectivity index (χ4v) is 4.83. The molecule has 1 aliphatic rings. The number of anilines is 1. The Labute approximate surface area is 174 Å². The Bertz CT molecular complexity index is 875. The SMILES string of the molecule is C=N/C(=C\SCNc1ccc(C(=O)N2CCC[C@@H]2C)cn1)c1sc(C)nc1C. The van der Waals surface area contributed by atoms with Gasteiger partial charge in [0.15, 0.2) is 0 Å². The highest BCUT2D eigenvalue weighted by atomic mass is 32.2. The number of rotatable bonds is 7. The molecular formula is C20H25N5OS2. The van der Waals surface area contributed by atoms with Gasteiger partial charge in [-0.2, -0.15) is 0 Å². The van der Waals surface area contributed by atoms with Crippen LogP contribution >= 0.6 is 23.1 Å². The lowest BCUT2D eigenvalue weighted by Gasteiger charge is -2.21. The third-order valence-electron chi connectivity index (χ3n) is 4.66. The summed E-state index contributed by atoms with van der Waals surface area (Å²) in [6.45, 7) is 10.6. The van der Waals surface area contributed by atoms with Crippen molar-refractivity contribution in [2.24, 2.45) is 4.99 Å². The number of likely N-dealkylation sites (tertiary alicyclic amines) is 1. The second-order valence-corrected chi connectivity index (χ2v) is 8.78. The Morgan fingerprint density at radius 1 is 1.50 bits per heavy atom. The van der Waals surface area contributed by atoms with Crippen LogP contribution in [0.4, 0.5) is 5.82 Å². The number of hydrogen-bond donors (Lipinski definition) is 1. The van der Waals surface area contributed by atoms with Crippen molar-refractivity contribution < 1.29 is 4.79 Å². The summed E-state index contributed by atoms with van der Waals surface area (Å²) in [6.07, 6.45) is 3.80. The molecule has 3 heterocycles. The molecule has 2 aromatic heterocycles. The van der Waals surface area contributed by atoms with Crippen LogP contribution in [0.25, 0.3) is 5.70 Å². The zero-order chi connectivity index (χ0) is 20.1. The highest BCUT2D eigenvalue weighted by Crippen LogP contribution is 2.28. The number of nitrogens with zero attached hydrogens (tertiary/aromatic N) is 4. The van der Waals surface area contributed by atoms with Crippen molar-refractivity contribution in [2.45, 2.75) is 39.7 Å². The lowest BCUT2D eigenvalue weighted by molar-refractivity contribution is 0.0747. The van der Waals surface area contributed by atoms with E-state index in [0.717, 1.165) is 46.5 Å². The van der Waals surface area contributed by atoms with Gasteiger partial charge in [0, 0.05) is 18.8 Å². The number of aryl methyl sites for hydroxylation is 2. The number of nitrogens with one attached hydrogen (secondary N) is 1. The predicted molar refractivity (Wildman–Crippen MR) is 119 cm³/mol. The molecular weight excluding hydrogens is 390 g/mol. The van der Waals surface area contributed by atoms with Crippen LogP contribution < -0.4 is 5.32 Å². The Kier molecular flexibility index (Phi) is 6.85. The summed E-state index contributed by atoms with van der Waals surface area (Å²) < 4.78 is 0. The highest BCUT2D eigenvalue weighted by molar-refractivity contribution is 8.02. The van der Waals surface area contributed by atoms with E-state index in [0.29, 0.717) is 17.5 Å². The molecule has 1 amide bonds. The molecule has 148 valence electrons. The standard InChI is InChI=1S/C20H25N5OS2/c1-13-6-5-9-25(13)20(26)16-7-8-18(22-10-16)23-12-27-11-17(21-4)19-14(2)24-15(3)28-19/h7-8,10-11,13H,4-6,9,12H2,1-3H3,(H,22,23)/b17-11-/t13-/m0/s1. The molecule has 2 aromatic rings. The molecule has 1 aliphatic heterocycles. The topological polar surface area (TPSA) is 70.5 Å². The summed E-state index contributed by atoms with van der Waals surface area (Å²) in [6, 6.07) is 4.00. The first kappa shape index (κ1) is 20.5. The largest absolute Gasteiger partial charge is 0.361 e. The smallest absolute Gasteiger partial charge is 0.255 e. The maximum Gasteiger partial charge on any atom is 0.255 e. The summed E-state index contributed by atoms with van der Waals surface area (Å²) in [5.41, 5.74) is 2.45. The first-order valence-corrected chi connectivity index (χ1v) is 11.1. The van der Waals surface area contributed by atoms with Crippen molar-refractivity contribution in [3.63, 3.8) is 0 Å². The number of aromatic nitrogens is 2. The molecule has 0 spiro atoms. The van der Waals surface area contributed by atoms with Crippen LogP contribution in [0.15, 0.2) is 28.7 Å². The maximum absolute atomic E-state index is 12.5. The second-order valence-electron chi connectivity index (χ2n) is 6.72. The van der Waals surface area contributed by atoms with Gasteiger partial charge >= 0.3 is 0 Å². The van der Waals surface area contributed by atoms with Crippen LogP contribution in [-0.4, -0.2) is 46.0 Å². The summed E-state index contributed by atoms with van der Waals surface area (Å²) >= 11 is 3.20. The van der Waals surface area contributed by atoms with Gasteiger partial charge in [0.05, 0.1) is 32.7 Å². The van der Waals surface area contributed by atoms with E-state index < -0.39 is 0 Å². The number of thiazole rings is 1. The molecule has 0 aromatic carbocycles. The Hall–Kier alpha value is -2.19. The van der Waals surface area contributed by atoms with Crippen LogP contribution in [0.5, 0.6) is 0 Å². The van der Waals surface area contributed by atoms with Gasteiger partial charge in [0.1, 0.15) is 5.82 Å². The monoisotopic (exact) mass is 415 g/mol. The second kappa shape index (κ2) is 9.34. The van der Waals surface area contributed by atoms with E-state index in [1.54, 1.807) is 29.3 Å². The third kappa shape index (κ3) is 4.80. The molecule has 8 heteroatoms. The van der Waals surface area contributed by atoms with Gasteiger partial charge in [-0.05, 0) is 57.9 Å². The molecule has 0 saturated carbocycles. The lowest BCUT2D eigenvalue weighted by Crippen LogP contribution is -2.33. The number of hydrogen-bond acceptors (Lipinski definition) is 7. The predicted octanol–water partition coefficient (Wildman–Crippen LogP) is 4.58. The number of amides is 1. The lowest BCUT2D eigenvalue weighted by atomic mass is 10.2. The molecule has 0 aliphatic carbocycles. The minimum absolute atomic E-state index is 0.0679. The molecule has 3 rings (SSSR count). The Morgan fingerprint density at radius 2 is 2.32 bits per heavy atom. The molecule has 28 heavy (non-hydrogen) atoms. The molecule has 6 nitrogen and oxygen atoms in total. The summed E-state index contributed by atoms with van der Waals surface area (Å²) in [4.78, 5) is 28.4. The number of aliphatic imine (C=N–C) groups is 1. The van der Waals surface area contributed by atoms with Crippen molar-refractivity contribution in [2.75, 3.05) is 17.7 Å². The van der Waals surface area contributed by atoms with Gasteiger partial charge in [-0.25, -0.2) is 9.97 Å². The zero-order valence-electron chi connectivity index (χ0n) is 16.4. The molecule has 1 atom stereocenters. The van der Waals surface area contributed by atoms with E-state index in [9.17, 15) is 4.79 Å². The van der Waals surface area contributed by atoms with Gasteiger partial charge in [-0.3, -0.25) is 9.79 Å². The molecule has 0 radical (unpaired) electrons. The minimum atomic E-state index is 0.0679. The maximum atomic E-state index is 12.5.